The van der Waals surface area contributed by atoms with Gasteiger partial charge >= 0.3 is 5.97 Å². The van der Waals surface area contributed by atoms with E-state index in [0.717, 1.165) is 36.1 Å². The van der Waals surface area contributed by atoms with Gasteiger partial charge in [0.1, 0.15) is 11.6 Å². The number of carboxylic acid groups (broad SMARTS) is 1. The molecule has 0 saturated heterocycles. The monoisotopic (exact) mass is 532 g/mol. The summed E-state index contributed by atoms with van der Waals surface area (Å²) in [7, 11) is 0. The van der Waals surface area contributed by atoms with Crippen LogP contribution in [0.5, 0.6) is 5.75 Å². The summed E-state index contributed by atoms with van der Waals surface area (Å²) in [4.78, 5) is 22.5. The van der Waals surface area contributed by atoms with Crippen molar-refractivity contribution in [2.45, 2.75) is 50.1 Å². The molecule has 1 heterocycles. The van der Waals surface area contributed by atoms with Crippen molar-refractivity contribution in [3.63, 3.8) is 0 Å². The molecule has 0 amide bonds. The zero-order valence-corrected chi connectivity index (χ0v) is 21.9. The molecule has 0 spiro atoms. The topological polar surface area (TPSA) is 120 Å². The van der Waals surface area contributed by atoms with Crippen molar-refractivity contribution in [2.24, 2.45) is 0 Å². The van der Waals surface area contributed by atoms with Crippen LogP contribution in [0.2, 0.25) is 0 Å². The Morgan fingerprint density at radius 1 is 1.11 bits per heavy atom. The third-order valence-electron chi connectivity index (χ3n) is 5.98. The molecule has 0 bridgehead atoms. The maximum Gasteiger partial charge on any atom is 0.349 e. The van der Waals surface area contributed by atoms with E-state index in [4.69, 9.17) is 4.74 Å². The van der Waals surface area contributed by atoms with E-state index in [9.17, 15) is 20.0 Å². The summed E-state index contributed by atoms with van der Waals surface area (Å²) in [5.41, 5.74) is 3.32. The van der Waals surface area contributed by atoms with Crippen LogP contribution in [0.25, 0.3) is 5.69 Å². The molecule has 0 saturated carbocycles. The van der Waals surface area contributed by atoms with Gasteiger partial charge in [-0.3, -0.25) is 14.7 Å². The van der Waals surface area contributed by atoms with E-state index < -0.39 is 17.0 Å². The van der Waals surface area contributed by atoms with Crippen molar-refractivity contribution in [2.75, 3.05) is 0 Å². The number of unbranched alkanes of at least 4 members (excludes halogenated alkanes) is 1. The number of nitro benzene ring substituents is 1. The number of aryl methyl sites for hydroxylation is 2. The highest BCUT2D eigenvalue weighted by molar-refractivity contribution is 7.98. The van der Waals surface area contributed by atoms with Gasteiger partial charge in [-0.2, -0.15) is 0 Å². The first-order valence-electron chi connectivity index (χ1n) is 12.2. The molecule has 0 radical (unpaired) electrons. The second kappa shape index (κ2) is 12.4. The number of benzene rings is 3. The molecule has 4 rings (SSSR count). The number of ether oxygens (including phenoxy) is 1. The highest BCUT2D eigenvalue weighted by Crippen LogP contribution is 2.32. The number of nitro groups is 1. The van der Waals surface area contributed by atoms with Crippen LogP contribution in [-0.2, 0) is 17.0 Å². The lowest BCUT2D eigenvalue weighted by Crippen LogP contribution is -2.19. The molecular formula is C28H28N4O5S. The number of carbonyl (C=O) groups is 1. The van der Waals surface area contributed by atoms with Crippen LogP contribution in [0.4, 0.5) is 5.69 Å². The Bertz CT molecular complexity index is 1410. The third-order valence-corrected chi connectivity index (χ3v) is 6.98. The van der Waals surface area contributed by atoms with E-state index in [1.807, 2.05) is 35.8 Å². The van der Waals surface area contributed by atoms with Crippen LogP contribution in [0.3, 0.4) is 0 Å². The zero-order chi connectivity index (χ0) is 27.1. The summed E-state index contributed by atoms with van der Waals surface area (Å²) in [6, 6.07) is 21.0. The maximum absolute atomic E-state index is 12.0. The zero-order valence-electron chi connectivity index (χ0n) is 21.1. The van der Waals surface area contributed by atoms with Gasteiger partial charge in [0.15, 0.2) is 5.16 Å². The normalized spacial score (nSPS) is 11.7. The third kappa shape index (κ3) is 6.38. The van der Waals surface area contributed by atoms with Gasteiger partial charge in [-0.05, 0) is 49.1 Å². The Morgan fingerprint density at radius 2 is 1.84 bits per heavy atom. The van der Waals surface area contributed by atoms with Crippen molar-refractivity contribution >= 4 is 23.4 Å². The molecule has 0 aliphatic rings. The summed E-state index contributed by atoms with van der Waals surface area (Å²) in [6.07, 6.45) is 1.51. The standard InChI is InChI=1S/C28H28N4O5S/c1-3-4-8-22-17-24(15-16-25(22)37-26(27(33)34)21-9-6-5-7-10-21)31-19(2)29-30-28(31)38-18-20-11-13-23(14-12-20)32(35)36/h5-7,9-17,26H,3-4,8,18H2,1-2H3,(H,33,34). The molecule has 0 fully saturated rings. The number of hydrogen-bond acceptors (Lipinski definition) is 7. The number of aliphatic carboxylic acids is 1. The molecule has 3 aromatic carbocycles. The Labute approximate surface area is 224 Å². The van der Waals surface area contributed by atoms with Gasteiger partial charge in [0.25, 0.3) is 5.69 Å². The first-order valence-corrected chi connectivity index (χ1v) is 13.2. The largest absolute Gasteiger partial charge is 0.478 e. The average molecular weight is 533 g/mol. The highest BCUT2D eigenvalue weighted by atomic mass is 32.2. The van der Waals surface area contributed by atoms with E-state index in [2.05, 4.69) is 17.1 Å². The number of aromatic nitrogens is 3. The summed E-state index contributed by atoms with van der Waals surface area (Å²) in [6.45, 7) is 3.97. The molecular weight excluding hydrogens is 504 g/mol. The number of carboxylic acids is 1. The van der Waals surface area contributed by atoms with E-state index in [0.29, 0.717) is 28.0 Å². The molecule has 38 heavy (non-hydrogen) atoms. The second-order valence-electron chi connectivity index (χ2n) is 8.72. The maximum atomic E-state index is 12.0. The fourth-order valence-corrected chi connectivity index (χ4v) is 4.95. The minimum Gasteiger partial charge on any atom is -0.478 e. The van der Waals surface area contributed by atoms with Gasteiger partial charge in [-0.25, -0.2) is 4.79 Å². The first kappa shape index (κ1) is 26.9. The van der Waals surface area contributed by atoms with Crippen LogP contribution in [0.1, 0.15) is 48.4 Å². The predicted octanol–water partition coefficient (Wildman–Crippen LogP) is 6.32. The van der Waals surface area contributed by atoms with E-state index >= 15 is 0 Å². The lowest BCUT2D eigenvalue weighted by Gasteiger charge is -2.19. The van der Waals surface area contributed by atoms with Gasteiger partial charge in [0.05, 0.1) is 4.92 Å². The van der Waals surface area contributed by atoms with Crippen LogP contribution < -0.4 is 4.74 Å². The molecule has 4 aromatic rings. The number of hydrogen-bond donors (Lipinski definition) is 1. The quantitative estimate of drug-likeness (QED) is 0.128. The molecule has 0 aliphatic heterocycles. The van der Waals surface area contributed by atoms with Gasteiger partial charge in [0.2, 0.25) is 6.10 Å². The van der Waals surface area contributed by atoms with Gasteiger partial charge in [-0.1, -0.05) is 67.6 Å². The molecule has 9 nitrogen and oxygen atoms in total. The van der Waals surface area contributed by atoms with Gasteiger partial charge in [-0.15, -0.1) is 10.2 Å². The number of non-ortho nitro benzene ring substituents is 1. The van der Waals surface area contributed by atoms with Crippen LogP contribution >= 0.6 is 11.8 Å². The molecule has 1 atom stereocenters. The average Bonchev–Trinajstić information content (AvgIpc) is 3.30. The fraction of sp³-hybridized carbons (Fsp3) is 0.250. The van der Waals surface area contributed by atoms with E-state index in [1.54, 1.807) is 36.4 Å². The molecule has 1 aromatic heterocycles. The minimum absolute atomic E-state index is 0.0529. The Hall–Kier alpha value is -4.18. The Kier molecular flexibility index (Phi) is 8.75. The van der Waals surface area contributed by atoms with Gasteiger partial charge in [0, 0.05) is 29.1 Å². The number of thioether (sulfide) groups is 1. The summed E-state index contributed by atoms with van der Waals surface area (Å²) in [5.74, 6) is 0.752. The molecule has 1 N–H and O–H groups in total. The van der Waals surface area contributed by atoms with E-state index in [-0.39, 0.29) is 5.69 Å². The molecule has 196 valence electrons. The van der Waals surface area contributed by atoms with E-state index in [1.165, 1.54) is 23.9 Å². The summed E-state index contributed by atoms with van der Waals surface area (Å²) in [5, 5.41) is 30.0. The SMILES string of the molecule is CCCCc1cc(-n2c(C)nnc2SCc2ccc([N+](=O)[O-])cc2)ccc1OC(C(=O)O)c1ccccc1. The van der Waals surface area contributed by atoms with Crippen molar-refractivity contribution in [3.05, 3.63) is 105 Å². The smallest absolute Gasteiger partial charge is 0.349 e. The Morgan fingerprint density at radius 3 is 2.50 bits per heavy atom. The molecule has 10 heteroatoms. The van der Waals surface area contributed by atoms with Crippen LogP contribution in [0, 0.1) is 17.0 Å². The van der Waals surface area contributed by atoms with Crippen molar-refractivity contribution < 1.29 is 19.6 Å². The Balaban J connectivity index is 1.61. The van der Waals surface area contributed by atoms with Crippen molar-refractivity contribution in [1.29, 1.82) is 0 Å². The number of nitrogens with zero attached hydrogens (tertiary/aromatic N) is 4. The molecule has 1 unspecified atom stereocenters. The summed E-state index contributed by atoms with van der Waals surface area (Å²) >= 11 is 1.48. The lowest BCUT2D eigenvalue weighted by atomic mass is 10.1. The second-order valence-corrected chi connectivity index (χ2v) is 9.66. The fourth-order valence-electron chi connectivity index (χ4n) is 3.99. The van der Waals surface area contributed by atoms with Gasteiger partial charge < -0.3 is 9.84 Å². The molecule has 0 aliphatic carbocycles. The number of rotatable bonds is 12. The highest BCUT2D eigenvalue weighted by Gasteiger charge is 2.23. The van der Waals surface area contributed by atoms with Crippen LogP contribution in [-0.4, -0.2) is 30.8 Å². The lowest BCUT2D eigenvalue weighted by molar-refractivity contribution is -0.384. The summed E-state index contributed by atoms with van der Waals surface area (Å²) < 4.78 is 8.01. The minimum atomic E-state index is -1.12. The van der Waals surface area contributed by atoms with Crippen molar-refractivity contribution in [1.82, 2.24) is 14.8 Å². The predicted molar refractivity (Wildman–Crippen MR) is 145 cm³/mol. The first-order chi connectivity index (χ1) is 18.4. The van der Waals surface area contributed by atoms with Crippen molar-refractivity contribution in [3.8, 4) is 11.4 Å². The van der Waals surface area contributed by atoms with Crippen LogP contribution in [0.15, 0.2) is 78.0 Å².